The predicted molar refractivity (Wildman–Crippen MR) is 75.3 cm³/mol. The highest BCUT2D eigenvalue weighted by Gasteiger charge is 2.23. The number of ether oxygens (including phenoxy) is 2. The van der Waals surface area contributed by atoms with E-state index in [0.717, 1.165) is 12.8 Å². The second-order valence-electron chi connectivity index (χ2n) is 4.85. The van der Waals surface area contributed by atoms with Crippen molar-refractivity contribution in [3.8, 4) is 11.5 Å². The highest BCUT2D eigenvalue weighted by atomic mass is 16.5. The average molecular weight is 279 g/mol. The Morgan fingerprint density at radius 2 is 2.25 bits per heavy atom. The third-order valence-electron chi connectivity index (χ3n) is 3.39. The monoisotopic (exact) mass is 279 g/mol. The Hall–Kier alpha value is -1.75. The number of likely N-dealkylation sites (tertiary alicyclic amines) is 1. The summed E-state index contributed by atoms with van der Waals surface area (Å²) < 4.78 is 10.7. The molecule has 2 rings (SSSR count). The third kappa shape index (κ3) is 3.22. The standard InChI is InChI=1S/C15H21NO4/c1-3-20-13-7-6-11(9-14(13)19-2)15(18)16-8-4-5-12(17)10-16/h6-7,9,12,17H,3-5,8,10H2,1-2H3. The normalized spacial score (nSPS) is 18.8. The summed E-state index contributed by atoms with van der Waals surface area (Å²) in [6.45, 7) is 3.52. The highest BCUT2D eigenvalue weighted by molar-refractivity contribution is 5.95. The van der Waals surface area contributed by atoms with E-state index in [-0.39, 0.29) is 5.91 Å². The number of hydrogen-bond acceptors (Lipinski definition) is 4. The number of hydrogen-bond donors (Lipinski definition) is 1. The second kappa shape index (κ2) is 6.61. The summed E-state index contributed by atoms with van der Waals surface area (Å²) in [5, 5.41) is 9.65. The molecule has 1 saturated heterocycles. The Morgan fingerprint density at radius 3 is 2.90 bits per heavy atom. The van der Waals surface area contributed by atoms with E-state index >= 15 is 0 Å². The minimum Gasteiger partial charge on any atom is -0.493 e. The van der Waals surface area contributed by atoms with Gasteiger partial charge in [0, 0.05) is 18.7 Å². The van der Waals surface area contributed by atoms with Gasteiger partial charge in [-0.1, -0.05) is 0 Å². The lowest BCUT2D eigenvalue weighted by Crippen LogP contribution is -2.42. The summed E-state index contributed by atoms with van der Waals surface area (Å²) in [6.07, 6.45) is 1.18. The van der Waals surface area contributed by atoms with Gasteiger partial charge in [0.25, 0.3) is 5.91 Å². The van der Waals surface area contributed by atoms with Crippen LogP contribution in [0.25, 0.3) is 0 Å². The lowest BCUT2D eigenvalue weighted by Gasteiger charge is -2.30. The van der Waals surface area contributed by atoms with Crippen molar-refractivity contribution in [1.29, 1.82) is 0 Å². The Bertz CT molecular complexity index is 475. The first-order chi connectivity index (χ1) is 9.65. The number of carbonyl (C=O) groups is 1. The number of amides is 1. The second-order valence-corrected chi connectivity index (χ2v) is 4.85. The number of rotatable bonds is 4. The molecule has 110 valence electrons. The van der Waals surface area contributed by atoms with Crippen LogP contribution in [0.2, 0.25) is 0 Å². The minimum atomic E-state index is -0.419. The van der Waals surface area contributed by atoms with Crippen molar-refractivity contribution in [1.82, 2.24) is 4.90 Å². The summed E-state index contributed by atoms with van der Waals surface area (Å²) in [4.78, 5) is 14.1. The number of benzene rings is 1. The number of aliphatic hydroxyl groups excluding tert-OH is 1. The molecule has 0 bridgehead atoms. The molecule has 0 aliphatic carbocycles. The Labute approximate surface area is 119 Å². The lowest BCUT2D eigenvalue weighted by molar-refractivity contribution is 0.0473. The fourth-order valence-corrected chi connectivity index (χ4v) is 2.40. The van der Waals surface area contributed by atoms with Crippen molar-refractivity contribution >= 4 is 5.91 Å². The first kappa shape index (κ1) is 14.7. The van der Waals surface area contributed by atoms with Crippen LogP contribution in [0.1, 0.15) is 30.1 Å². The SMILES string of the molecule is CCOc1ccc(C(=O)N2CCCC(O)C2)cc1OC. The molecule has 5 nitrogen and oxygen atoms in total. The molecule has 0 spiro atoms. The van der Waals surface area contributed by atoms with Gasteiger partial charge >= 0.3 is 0 Å². The predicted octanol–water partition coefficient (Wildman–Crippen LogP) is 1.69. The van der Waals surface area contributed by atoms with Crippen molar-refractivity contribution in [2.24, 2.45) is 0 Å². The third-order valence-corrected chi connectivity index (χ3v) is 3.39. The average Bonchev–Trinajstić information content (AvgIpc) is 2.47. The zero-order chi connectivity index (χ0) is 14.5. The highest BCUT2D eigenvalue weighted by Crippen LogP contribution is 2.28. The zero-order valence-corrected chi connectivity index (χ0v) is 12.0. The van der Waals surface area contributed by atoms with Crippen LogP contribution in [0, 0.1) is 0 Å². The smallest absolute Gasteiger partial charge is 0.254 e. The molecule has 20 heavy (non-hydrogen) atoms. The van der Waals surface area contributed by atoms with E-state index in [0.29, 0.717) is 36.8 Å². The molecule has 1 N–H and O–H groups in total. The first-order valence-electron chi connectivity index (χ1n) is 6.94. The number of nitrogens with zero attached hydrogens (tertiary/aromatic N) is 1. The number of carbonyl (C=O) groups excluding carboxylic acids is 1. The molecule has 5 heteroatoms. The molecule has 1 atom stereocenters. The van der Waals surface area contributed by atoms with Gasteiger partial charge in [0.1, 0.15) is 0 Å². The number of piperidine rings is 1. The molecule has 1 heterocycles. The molecule has 1 aromatic rings. The van der Waals surface area contributed by atoms with Gasteiger partial charge in [-0.25, -0.2) is 0 Å². The van der Waals surface area contributed by atoms with Gasteiger partial charge in [-0.05, 0) is 38.0 Å². The quantitative estimate of drug-likeness (QED) is 0.911. The van der Waals surface area contributed by atoms with E-state index < -0.39 is 6.10 Å². The Kier molecular flexibility index (Phi) is 4.84. The van der Waals surface area contributed by atoms with E-state index in [1.165, 1.54) is 0 Å². The molecule has 1 fully saturated rings. The molecular formula is C15H21NO4. The Balaban J connectivity index is 2.17. The maximum absolute atomic E-state index is 12.4. The van der Waals surface area contributed by atoms with Crippen LogP contribution in [0.4, 0.5) is 0 Å². The summed E-state index contributed by atoms with van der Waals surface area (Å²) in [6, 6.07) is 5.17. The van der Waals surface area contributed by atoms with Crippen LogP contribution < -0.4 is 9.47 Å². The van der Waals surface area contributed by atoms with Gasteiger partial charge in [0.15, 0.2) is 11.5 Å². The molecule has 1 aliphatic rings. The van der Waals surface area contributed by atoms with E-state index in [1.54, 1.807) is 30.2 Å². The number of aliphatic hydroxyl groups is 1. The van der Waals surface area contributed by atoms with Crippen LogP contribution in [0.15, 0.2) is 18.2 Å². The van der Waals surface area contributed by atoms with Crippen LogP contribution in [0.5, 0.6) is 11.5 Å². The van der Waals surface area contributed by atoms with Gasteiger partial charge in [-0.2, -0.15) is 0 Å². The summed E-state index contributed by atoms with van der Waals surface area (Å²) in [5.74, 6) is 1.10. The van der Waals surface area contributed by atoms with Crippen LogP contribution in [-0.4, -0.2) is 48.8 Å². The van der Waals surface area contributed by atoms with Crippen LogP contribution in [0.3, 0.4) is 0 Å². The minimum absolute atomic E-state index is 0.0786. The Morgan fingerprint density at radius 1 is 1.45 bits per heavy atom. The van der Waals surface area contributed by atoms with Gasteiger partial charge in [0.05, 0.1) is 19.8 Å². The molecular weight excluding hydrogens is 258 g/mol. The van der Waals surface area contributed by atoms with Crippen LogP contribution in [-0.2, 0) is 0 Å². The van der Waals surface area contributed by atoms with E-state index in [2.05, 4.69) is 0 Å². The number of β-amino-alcohol motifs (C(OH)–C–C–N with tert-alkyl or cyclic N) is 1. The summed E-state index contributed by atoms with van der Waals surface area (Å²) >= 11 is 0. The van der Waals surface area contributed by atoms with Crippen LogP contribution >= 0.6 is 0 Å². The fraction of sp³-hybridized carbons (Fsp3) is 0.533. The van der Waals surface area contributed by atoms with Crippen molar-refractivity contribution in [3.63, 3.8) is 0 Å². The van der Waals surface area contributed by atoms with Gasteiger partial charge < -0.3 is 19.5 Å². The molecule has 0 aromatic heterocycles. The van der Waals surface area contributed by atoms with E-state index in [4.69, 9.17) is 9.47 Å². The molecule has 1 unspecified atom stereocenters. The van der Waals surface area contributed by atoms with Crippen molar-refractivity contribution in [2.75, 3.05) is 26.8 Å². The van der Waals surface area contributed by atoms with Crippen molar-refractivity contribution in [3.05, 3.63) is 23.8 Å². The molecule has 1 amide bonds. The van der Waals surface area contributed by atoms with E-state index in [9.17, 15) is 9.90 Å². The lowest BCUT2D eigenvalue weighted by atomic mass is 10.1. The molecule has 0 saturated carbocycles. The van der Waals surface area contributed by atoms with E-state index in [1.807, 2.05) is 6.92 Å². The first-order valence-corrected chi connectivity index (χ1v) is 6.94. The fourth-order valence-electron chi connectivity index (χ4n) is 2.40. The van der Waals surface area contributed by atoms with Gasteiger partial charge in [0.2, 0.25) is 0 Å². The molecule has 0 radical (unpaired) electrons. The largest absolute Gasteiger partial charge is 0.493 e. The van der Waals surface area contributed by atoms with Gasteiger partial charge in [-0.3, -0.25) is 4.79 Å². The summed E-state index contributed by atoms with van der Waals surface area (Å²) in [7, 11) is 1.55. The zero-order valence-electron chi connectivity index (χ0n) is 12.0. The summed E-state index contributed by atoms with van der Waals surface area (Å²) in [5.41, 5.74) is 0.555. The maximum Gasteiger partial charge on any atom is 0.254 e. The van der Waals surface area contributed by atoms with Gasteiger partial charge in [-0.15, -0.1) is 0 Å². The van der Waals surface area contributed by atoms with Crippen molar-refractivity contribution in [2.45, 2.75) is 25.9 Å². The topological polar surface area (TPSA) is 59.0 Å². The molecule has 1 aromatic carbocycles. The molecule has 1 aliphatic heterocycles. The van der Waals surface area contributed by atoms with Crippen molar-refractivity contribution < 1.29 is 19.4 Å². The number of methoxy groups -OCH3 is 1. The maximum atomic E-state index is 12.4.